The van der Waals surface area contributed by atoms with Gasteiger partial charge in [0.1, 0.15) is 6.54 Å². The second-order valence-corrected chi connectivity index (χ2v) is 4.90. The maximum absolute atomic E-state index is 10.6. The number of carbonyl (C=O) groups is 1. The lowest BCUT2D eigenvalue weighted by Crippen LogP contribution is -2.26. The minimum absolute atomic E-state index is 0.0581. The lowest BCUT2D eigenvalue weighted by Gasteiger charge is -2.21. The summed E-state index contributed by atoms with van der Waals surface area (Å²) in [6, 6.07) is 3.84. The largest absolute Gasteiger partial charge is 0.480 e. The molecule has 0 spiro atoms. The summed E-state index contributed by atoms with van der Waals surface area (Å²) >= 11 is 0. The topological polar surface area (TPSA) is 66.3 Å². The van der Waals surface area contributed by atoms with Crippen LogP contribution in [-0.2, 0) is 4.79 Å². The van der Waals surface area contributed by atoms with Crippen molar-refractivity contribution in [3.05, 3.63) is 17.8 Å². The van der Waals surface area contributed by atoms with Crippen LogP contribution in [0.2, 0.25) is 0 Å². The Bertz CT molecular complexity index is 399. The Hall–Kier alpha value is -1.65. The van der Waals surface area contributed by atoms with Gasteiger partial charge in [-0.2, -0.15) is 5.10 Å². The number of nitrogens with zero attached hydrogens (tertiary/aromatic N) is 3. The van der Waals surface area contributed by atoms with Crippen LogP contribution >= 0.6 is 0 Å². The quantitative estimate of drug-likeness (QED) is 0.884. The molecule has 0 atom stereocenters. The fraction of sp³-hybridized carbons (Fsp3) is 0.615. The Morgan fingerprint density at radius 2 is 2.06 bits per heavy atom. The molecule has 1 saturated carbocycles. The van der Waals surface area contributed by atoms with E-state index in [1.165, 1.54) is 32.1 Å². The van der Waals surface area contributed by atoms with Crippen LogP contribution in [0.4, 0.5) is 5.82 Å². The van der Waals surface area contributed by atoms with Gasteiger partial charge < -0.3 is 10.0 Å². The van der Waals surface area contributed by atoms with Crippen LogP contribution in [-0.4, -0.2) is 34.9 Å². The maximum atomic E-state index is 10.6. The predicted octanol–water partition coefficient (Wildman–Crippen LogP) is 2.05. The maximum Gasteiger partial charge on any atom is 0.323 e. The number of anilines is 1. The van der Waals surface area contributed by atoms with Gasteiger partial charge >= 0.3 is 5.97 Å². The van der Waals surface area contributed by atoms with E-state index in [0.29, 0.717) is 11.7 Å². The molecule has 98 valence electrons. The average Bonchev–Trinajstić information content (AvgIpc) is 2.39. The molecule has 1 aromatic rings. The Kier molecular flexibility index (Phi) is 4.12. The molecule has 1 fully saturated rings. The molecule has 1 N–H and O–H groups in total. The van der Waals surface area contributed by atoms with E-state index in [4.69, 9.17) is 5.11 Å². The number of carboxylic acid groups (broad SMARTS) is 1. The van der Waals surface area contributed by atoms with Gasteiger partial charge in [-0.05, 0) is 25.0 Å². The first-order chi connectivity index (χ1) is 8.66. The summed E-state index contributed by atoms with van der Waals surface area (Å²) in [7, 11) is 1.71. The SMILES string of the molecule is CN(CC(=O)O)c1ccc(C2CCCCC2)nn1. The van der Waals surface area contributed by atoms with Crippen molar-refractivity contribution in [3.63, 3.8) is 0 Å². The summed E-state index contributed by atoms with van der Waals surface area (Å²) in [5.41, 5.74) is 1.04. The first-order valence-corrected chi connectivity index (χ1v) is 6.43. The third-order valence-electron chi connectivity index (χ3n) is 3.46. The van der Waals surface area contributed by atoms with Crippen LogP contribution in [0.15, 0.2) is 12.1 Å². The first-order valence-electron chi connectivity index (χ1n) is 6.43. The second kappa shape index (κ2) is 5.80. The van der Waals surface area contributed by atoms with Crippen molar-refractivity contribution in [2.45, 2.75) is 38.0 Å². The van der Waals surface area contributed by atoms with E-state index >= 15 is 0 Å². The van der Waals surface area contributed by atoms with Gasteiger partial charge in [-0.3, -0.25) is 4.79 Å². The fourth-order valence-electron chi connectivity index (χ4n) is 2.44. The molecule has 1 heterocycles. The molecule has 2 rings (SSSR count). The third-order valence-corrected chi connectivity index (χ3v) is 3.46. The number of hydrogen-bond donors (Lipinski definition) is 1. The number of carboxylic acids is 1. The van der Waals surface area contributed by atoms with Crippen LogP contribution in [0, 0.1) is 0 Å². The third kappa shape index (κ3) is 3.18. The summed E-state index contributed by atoms with van der Waals surface area (Å²) in [6.07, 6.45) is 6.25. The van der Waals surface area contributed by atoms with E-state index in [2.05, 4.69) is 10.2 Å². The highest BCUT2D eigenvalue weighted by Gasteiger charge is 2.17. The molecule has 5 heteroatoms. The first kappa shape index (κ1) is 12.8. The van der Waals surface area contributed by atoms with Crippen molar-refractivity contribution in [3.8, 4) is 0 Å². The number of aliphatic carboxylic acids is 1. The van der Waals surface area contributed by atoms with Crippen LogP contribution < -0.4 is 4.90 Å². The summed E-state index contributed by atoms with van der Waals surface area (Å²) < 4.78 is 0. The van der Waals surface area contributed by atoms with Crippen molar-refractivity contribution in [1.29, 1.82) is 0 Å². The highest BCUT2D eigenvalue weighted by Crippen LogP contribution is 2.31. The van der Waals surface area contributed by atoms with Crippen LogP contribution in [0.1, 0.15) is 43.7 Å². The normalized spacial score (nSPS) is 16.5. The van der Waals surface area contributed by atoms with Crippen molar-refractivity contribution in [1.82, 2.24) is 10.2 Å². The second-order valence-electron chi connectivity index (χ2n) is 4.90. The average molecular weight is 249 g/mol. The molecular formula is C13H19N3O2. The highest BCUT2D eigenvalue weighted by molar-refractivity contribution is 5.72. The summed E-state index contributed by atoms with van der Waals surface area (Å²) in [4.78, 5) is 12.2. The van der Waals surface area contributed by atoms with Gasteiger partial charge in [0.05, 0.1) is 5.69 Å². The Morgan fingerprint density at radius 3 is 2.61 bits per heavy atom. The van der Waals surface area contributed by atoms with Gasteiger partial charge in [0, 0.05) is 13.0 Å². The lowest BCUT2D eigenvalue weighted by atomic mass is 9.87. The number of aromatic nitrogens is 2. The van der Waals surface area contributed by atoms with E-state index in [9.17, 15) is 4.79 Å². The zero-order valence-electron chi connectivity index (χ0n) is 10.7. The van der Waals surface area contributed by atoms with E-state index in [0.717, 1.165) is 5.69 Å². The molecule has 1 aliphatic carbocycles. The Balaban J connectivity index is 2.02. The van der Waals surface area contributed by atoms with Gasteiger partial charge in [0.15, 0.2) is 5.82 Å². The minimum Gasteiger partial charge on any atom is -0.480 e. The molecule has 0 bridgehead atoms. The van der Waals surface area contributed by atoms with Gasteiger partial charge in [0.2, 0.25) is 0 Å². The zero-order chi connectivity index (χ0) is 13.0. The number of likely N-dealkylation sites (N-methyl/N-ethyl adjacent to an activating group) is 1. The molecular weight excluding hydrogens is 230 g/mol. The van der Waals surface area contributed by atoms with Crippen molar-refractivity contribution >= 4 is 11.8 Å². The number of rotatable bonds is 4. The molecule has 0 radical (unpaired) electrons. The van der Waals surface area contributed by atoms with Gasteiger partial charge in [-0.25, -0.2) is 0 Å². The van der Waals surface area contributed by atoms with E-state index < -0.39 is 5.97 Å². The fourth-order valence-corrected chi connectivity index (χ4v) is 2.44. The van der Waals surface area contributed by atoms with E-state index in [1.807, 2.05) is 12.1 Å². The molecule has 0 amide bonds. The summed E-state index contributed by atoms with van der Waals surface area (Å²) in [5, 5.41) is 17.1. The number of hydrogen-bond acceptors (Lipinski definition) is 4. The molecule has 18 heavy (non-hydrogen) atoms. The van der Waals surface area contributed by atoms with Crippen molar-refractivity contribution in [2.75, 3.05) is 18.5 Å². The Morgan fingerprint density at radius 1 is 1.33 bits per heavy atom. The molecule has 0 unspecified atom stereocenters. The zero-order valence-corrected chi connectivity index (χ0v) is 10.7. The lowest BCUT2D eigenvalue weighted by molar-refractivity contribution is -0.135. The predicted molar refractivity (Wildman–Crippen MR) is 68.8 cm³/mol. The van der Waals surface area contributed by atoms with Gasteiger partial charge in [-0.1, -0.05) is 19.3 Å². The van der Waals surface area contributed by atoms with E-state index in [-0.39, 0.29) is 6.54 Å². The molecule has 5 nitrogen and oxygen atoms in total. The minimum atomic E-state index is -0.865. The molecule has 1 aromatic heterocycles. The Labute approximate surface area is 107 Å². The smallest absolute Gasteiger partial charge is 0.323 e. The van der Waals surface area contributed by atoms with Crippen LogP contribution in [0.5, 0.6) is 0 Å². The molecule has 0 aromatic carbocycles. The summed E-state index contributed by atoms with van der Waals surface area (Å²) in [6.45, 7) is -0.0581. The molecule has 1 aliphatic rings. The highest BCUT2D eigenvalue weighted by atomic mass is 16.4. The van der Waals surface area contributed by atoms with Crippen molar-refractivity contribution in [2.24, 2.45) is 0 Å². The van der Waals surface area contributed by atoms with Crippen molar-refractivity contribution < 1.29 is 9.90 Å². The van der Waals surface area contributed by atoms with Gasteiger partial charge in [-0.15, -0.1) is 5.10 Å². The van der Waals surface area contributed by atoms with E-state index in [1.54, 1.807) is 11.9 Å². The van der Waals surface area contributed by atoms with Gasteiger partial charge in [0.25, 0.3) is 0 Å². The standard InChI is InChI=1S/C13H19N3O2/c1-16(9-13(17)18)12-8-7-11(14-15-12)10-5-3-2-4-6-10/h7-8,10H,2-6,9H2,1H3,(H,17,18). The van der Waals surface area contributed by atoms with Crippen LogP contribution in [0.3, 0.4) is 0 Å². The monoisotopic (exact) mass is 249 g/mol. The van der Waals surface area contributed by atoms with Crippen LogP contribution in [0.25, 0.3) is 0 Å². The molecule has 0 saturated heterocycles. The summed E-state index contributed by atoms with van der Waals surface area (Å²) in [5.74, 6) is 0.276. The molecule has 0 aliphatic heterocycles.